The molecule has 3 aromatic rings. The maximum absolute atomic E-state index is 15.9. The molecule has 1 aliphatic heterocycles. The second-order valence-corrected chi connectivity index (χ2v) is 11.1. The highest BCUT2D eigenvalue weighted by Crippen LogP contribution is 2.43. The number of carboxylic acids is 1. The Morgan fingerprint density at radius 2 is 1.69 bits per heavy atom. The molecular formula is C31H28Cl2F3NO2. The Morgan fingerprint density at radius 3 is 2.41 bits per heavy atom. The second kappa shape index (κ2) is 11.7. The van der Waals surface area contributed by atoms with E-state index in [1.54, 1.807) is 42.5 Å². The zero-order chi connectivity index (χ0) is 27.7. The van der Waals surface area contributed by atoms with E-state index in [9.17, 15) is 14.3 Å². The number of carbonyl (C=O) groups is 1. The van der Waals surface area contributed by atoms with Gasteiger partial charge in [-0.1, -0.05) is 47.5 Å². The number of allylic oxidation sites excluding steroid dienone is 1. The van der Waals surface area contributed by atoms with Crippen LogP contribution in [0.5, 0.6) is 0 Å². The number of hydrogen-bond donors (Lipinski definition) is 1. The average Bonchev–Trinajstić information content (AvgIpc) is 3.07. The molecule has 0 amide bonds. The maximum atomic E-state index is 15.9. The Labute approximate surface area is 235 Å². The van der Waals surface area contributed by atoms with Crippen LogP contribution in [0.2, 0.25) is 10.0 Å². The average molecular weight is 574 g/mol. The predicted molar refractivity (Wildman–Crippen MR) is 149 cm³/mol. The second-order valence-electron chi connectivity index (χ2n) is 10.3. The van der Waals surface area contributed by atoms with Gasteiger partial charge in [-0.3, -0.25) is 4.39 Å². The van der Waals surface area contributed by atoms with E-state index in [0.29, 0.717) is 71.0 Å². The van der Waals surface area contributed by atoms with Gasteiger partial charge in [-0.25, -0.2) is 13.6 Å². The molecule has 0 spiro atoms. The monoisotopic (exact) mass is 573 g/mol. The van der Waals surface area contributed by atoms with E-state index in [2.05, 4.69) is 4.90 Å². The van der Waals surface area contributed by atoms with Gasteiger partial charge >= 0.3 is 5.97 Å². The first-order chi connectivity index (χ1) is 18.8. The molecule has 0 aromatic heterocycles. The molecule has 3 aromatic carbocycles. The summed E-state index contributed by atoms with van der Waals surface area (Å²) in [6.45, 7) is 1.80. The van der Waals surface area contributed by atoms with Gasteiger partial charge in [0.15, 0.2) is 11.6 Å². The van der Waals surface area contributed by atoms with Gasteiger partial charge in [-0.05, 0) is 95.7 Å². The van der Waals surface area contributed by atoms with E-state index in [-0.39, 0.29) is 23.7 Å². The normalized spacial score (nSPS) is 16.1. The smallest absolute Gasteiger partial charge is 0.335 e. The van der Waals surface area contributed by atoms with Gasteiger partial charge in [0.05, 0.1) is 12.2 Å². The number of alkyl halides is 1. The maximum Gasteiger partial charge on any atom is 0.335 e. The van der Waals surface area contributed by atoms with Crippen molar-refractivity contribution < 1.29 is 23.1 Å². The fraction of sp³-hybridized carbons (Fsp3) is 0.323. The molecule has 0 unspecified atom stereocenters. The van der Waals surface area contributed by atoms with E-state index < -0.39 is 17.6 Å². The highest BCUT2D eigenvalue weighted by atomic mass is 35.5. The highest BCUT2D eigenvalue weighted by Gasteiger charge is 2.30. The summed E-state index contributed by atoms with van der Waals surface area (Å²) in [4.78, 5) is 13.8. The van der Waals surface area contributed by atoms with Crippen LogP contribution in [0, 0.1) is 17.6 Å². The summed E-state index contributed by atoms with van der Waals surface area (Å²) < 4.78 is 43.9. The quantitative estimate of drug-likeness (QED) is 0.296. The van der Waals surface area contributed by atoms with Gasteiger partial charge in [-0.15, -0.1) is 0 Å². The summed E-state index contributed by atoms with van der Waals surface area (Å²) in [5, 5.41) is 10.4. The molecule has 1 heterocycles. The molecule has 2 aliphatic rings. The van der Waals surface area contributed by atoms with Crippen molar-refractivity contribution in [3.05, 3.63) is 104 Å². The van der Waals surface area contributed by atoms with Gasteiger partial charge in [0.25, 0.3) is 0 Å². The number of rotatable bonds is 8. The molecule has 1 saturated heterocycles. The minimum absolute atomic E-state index is 0.113. The summed E-state index contributed by atoms with van der Waals surface area (Å²) in [6.07, 6.45) is 2.68. The van der Waals surface area contributed by atoms with Crippen molar-refractivity contribution in [2.24, 2.45) is 5.92 Å². The lowest BCUT2D eigenvalue weighted by Gasteiger charge is -2.39. The fourth-order valence-corrected chi connectivity index (χ4v) is 6.28. The van der Waals surface area contributed by atoms with Gasteiger partial charge in [0.2, 0.25) is 0 Å². The number of benzene rings is 3. The Bertz CT molecular complexity index is 1450. The molecule has 204 valence electrons. The molecule has 3 nitrogen and oxygen atoms in total. The largest absolute Gasteiger partial charge is 0.478 e. The molecule has 1 aliphatic carbocycles. The SMILES string of the molecule is O=C(O)c1ccc2c(c1)CCCC(c1ccc(Cl)cc1Cl)=C2c1ccc(CC2CN(CCCF)C2)c(F)c1F. The summed E-state index contributed by atoms with van der Waals surface area (Å²) in [7, 11) is 0. The molecule has 0 saturated carbocycles. The third-order valence-electron chi connectivity index (χ3n) is 7.63. The van der Waals surface area contributed by atoms with Crippen molar-refractivity contribution in [3.63, 3.8) is 0 Å². The van der Waals surface area contributed by atoms with Crippen molar-refractivity contribution in [2.45, 2.75) is 32.1 Å². The summed E-state index contributed by atoms with van der Waals surface area (Å²) in [5.41, 5.74) is 3.93. The first-order valence-corrected chi connectivity index (χ1v) is 13.8. The lowest BCUT2D eigenvalue weighted by atomic mass is 9.85. The van der Waals surface area contributed by atoms with Crippen molar-refractivity contribution in [3.8, 4) is 0 Å². The number of aromatic carboxylic acids is 1. The van der Waals surface area contributed by atoms with Gasteiger partial charge in [0.1, 0.15) is 0 Å². The van der Waals surface area contributed by atoms with Crippen LogP contribution in [0.25, 0.3) is 11.1 Å². The number of fused-ring (bicyclic) bond motifs is 1. The van der Waals surface area contributed by atoms with E-state index in [1.807, 2.05) is 0 Å². The zero-order valence-corrected chi connectivity index (χ0v) is 22.8. The van der Waals surface area contributed by atoms with Crippen molar-refractivity contribution in [2.75, 3.05) is 26.3 Å². The summed E-state index contributed by atoms with van der Waals surface area (Å²) in [5.74, 6) is -2.67. The van der Waals surface area contributed by atoms with Gasteiger partial charge in [0, 0.05) is 35.2 Å². The number of aryl methyl sites for hydroxylation is 1. The number of carboxylic acid groups (broad SMARTS) is 1. The molecule has 0 radical (unpaired) electrons. The molecule has 39 heavy (non-hydrogen) atoms. The molecule has 1 N–H and O–H groups in total. The third kappa shape index (κ3) is 5.74. The Kier molecular flexibility index (Phi) is 8.36. The van der Waals surface area contributed by atoms with Crippen LogP contribution < -0.4 is 0 Å². The van der Waals surface area contributed by atoms with Crippen LogP contribution in [0.1, 0.15) is 57.4 Å². The van der Waals surface area contributed by atoms with Crippen LogP contribution in [0.3, 0.4) is 0 Å². The van der Waals surface area contributed by atoms with Crippen LogP contribution in [-0.2, 0) is 12.8 Å². The molecule has 8 heteroatoms. The summed E-state index contributed by atoms with van der Waals surface area (Å²) in [6, 6.07) is 13.1. The Hall–Kier alpha value is -2.80. The Morgan fingerprint density at radius 1 is 0.949 bits per heavy atom. The predicted octanol–water partition coefficient (Wildman–Crippen LogP) is 8.10. The number of hydrogen-bond acceptors (Lipinski definition) is 2. The first kappa shape index (κ1) is 27.8. The third-order valence-corrected chi connectivity index (χ3v) is 8.18. The number of nitrogens with zero attached hydrogens (tertiary/aromatic N) is 1. The van der Waals surface area contributed by atoms with Crippen LogP contribution >= 0.6 is 23.2 Å². The van der Waals surface area contributed by atoms with Crippen LogP contribution in [-0.4, -0.2) is 42.3 Å². The van der Waals surface area contributed by atoms with E-state index >= 15 is 8.78 Å². The molecule has 1 fully saturated rings. The minimum atomic E-state index is -1.05. The minimum Gasteiger partial charge on any atom is -0.478 e. The van der Waals surface area contributed by atoms with Crippen LogP contribution in [0.15, 0.2) is 48.5 Å². The van der Waals surface area contributed by atoms with E-state index in [4.69, 9.17) is 23.2 Å². The number of likely N-dealkylation sites (tertiary alicyclic amines) is 1. The molecule has 0 atom stereocenters. The summed E-state index contributed by atoms with van der Waals surface area (Å²) >= 11 is 12.7. The fourth-order valence-electron chi connectivity index (χ4n) is 5.75. The lowest BCUT2D eigenvalue weighted by Crippen LogP contribution is -2.48. The Balaban J connectivity index is 1.59. The zero-order valence-electron chi connectivity index (χ0n) is 21.3. The van der Waals surface area contributed by atoms with Crippen LogP contribution in [0.4, 0.5) is 13.2 Å². The standard InChI is InChI=1S/C31H28Cl2F3NO2/c32-22-7-10-24(27(33)15-22)25-4-1-3-19-14-21(31(38)39)6-8-23(19)28(25)26-9-5-20(29(35)30(26)36)13-18-16-37(17-18)12-2-11-34/h5-10,14-15,18H,1-4,11-13,16-17H2,(H,38,39). The topological polar surface area (TPSA) is 40.5 Å². The number of halogens is 5. The van der Waals surface area contributed by atoms with E-state index in [1.165, 1.54) is 6.07 Å². The lowest BCUT2D eigenvalue weighted by molar-refractivity contribution is 0.0696. The molecule has 0 bridgehead atoms. The van der Waals surface area contributed by atoms with Crippen molar-refractivity contribution >= 4 is 40.3 Å². The van der Waals surface area contributed by atoms with Crippen molar-refractivity contribution in [1.82, 2.24) is 4.90 Å². The van der Waals surface area contributed by atoms with Crippen molar-refractivity contribution in [1.29, 1.82) is 0 Å². The first-order valence-electron chi connectivity index (χ1n) is 13.1. The van der Waals surface area contributed by atoms with Gasteiger partial charge in [-0.2, -0.15) is 0 Å². The van der Waals surface area contributed by atoms with Gasteiger partial charge < -0.3 is 10.0 Å². The molecule has 5 rings (SSSR count). The highest BCUT2D eigenvalue weighted by molar-refractivity contribution is 6.36. The molecular weight excluding hydrogens is 546 g/mol. The van der Waals surface area contributed by atoms with E-state index in [0.717, 1.165) is 24.2 Å².